The quantitative estimate of drug-likeness (QED) is 0.109. The van der Waals surface area contributed by atoms with Crippen molar-refractivity contribution in [2.45, 2.75) is 32.4 Å². The van der Waals surface area contributed by atoms with E-state index in [-0.39, 0.29) is 42.7 Å². The Balaban J connectivity index is 0.00000722. The topological polar surface area (TPSA) is 160 Å². The second-order valence-electron chi connectivity index (χ2n) is 8.24. The van der Waals surface area contributed by atoms with Gasteiger partial charge in [0.15, 0.2) is 46.6 Å². The zero-order valence-corrected chi connectivity index (χ0v) is 23.6. The normalized spacial score (nSPS) is 12.1. The molecule has 2 aromatic carbocycles. The molecule has 12 heteroatoms. The van der Waals surface area contributed by atoms with E-state index in [2.05, 4.69) is 11.5 Å². The summed E-state index contributed by atoms with van der Waals surface area (Å²) in [5.41, 5.74) is 8.48. The van der Waals surface area contributed by atoms with Crippen LogP contribution in [-0.4, -0.2) is 49.8 Å². The standard InChI is InChI=1S/C27H30N2O8.2ClH/c1-16(28)26(32)36-22-11-7-18(13-24(22)34-3)5-9-20(30)15-21(31)10-6-19-8-12-23(25(14-19)35-4)37-27(33)17(2)29;;/h5-14,16-17H,15,28-29H2,1-4H3;2*1H/b9-5+,10-6+;;/t16-,17-;;/m0../s1. The molecule has 39 heavy (non-hydrogen) atoms. The van der Waals surface area contributed by atoms with E-state index in [4.69, 9.17) is 18.9 Å². The first kappa shape index (κ1) is 35.3. The molecule has 10 nitrogen and oxygen atoms in total. The molecule has 0 saturated carbocycles. The van der Waals surface area contributed by atoms with Crippen molar-refractivity contribution in [1.82, 2.24) is 0 Å². The zero-order valence-electron chi connectivity index (χ0n) is 22.1. The minimum absolute atomic E-state index is 0. The fourth-order valence-corrected chi connectivity index (χ4v) is 2.83. The molecule has 2 rings (SSSR count). The van der Waals surface area contributed by atoms with Gasteiger partial charge in [0.1, 0.15) is 0 Å². The number of rotatable bonds is 12. The number of carbonyl (C=O) groups excluding carboxylic acids is 4. The highest BCUT2D eigenvalue weighted by Gasteiger charge is 2.17. The summed E-state index contributed by atoms with van der Waals surface area (Å²) in [6.07, 6.45) is 5.33. The van der Waals surface area contributed by atoms with Crippen molar-refractivity contribution in [3.63, 3.8) is 0 Å². The monoisotopic (exact) mass is 582 g/mol. The fraction of sp³-hybridized carbons (Fsp3) is 0.259. The fourth-order valence-electron chi connectivity index (χ4n) is 2.83. The highest BCUT2D eigenvalue weighted by molar-refractivity contribution is 6.10. The summed E-state index contributed by atoms with van der Waals surface area (Å²) in [4.78, 5) is 48.1. The van der Waals surface area contributed by atoms with E-state index in [1.807, 2.05) is 0 Å². The highest BCUT2D eigenvalue weighted by atomic mass is 35.5. The van der Waals surface area contributed by atoms with E-state index >= 15 is 0 Å². The Labute approximate surface area is 239 Å². The van der Waals surface area contributed by atoms with Crippen molar-refractivity contribution in [2.75, 3.05) is 14.2 Å². The zero-order chi connectivity index (χ0) is 27.5. The van der Waals surface area contributed by atoms with Gasteiger partial charge in [-0.05, 0) is 61.4 Å². The molecule has 0 spiro atoms. The van der Waals surface area contributed by atoms with E-state index in [0.29, 0.717) is 22.6 Å². The Hall–Kier alpha value is -3.70. The van der Waals surface area contributed by atoms with Gasteiger partial charge in [-0.2, -0.15) is 0 Å². The SMILES string of the molecule is COc1cc(/C=C/C(=O)CC(=O)/C=C/c2ccc(OC(=O)[C@H](C)[NH3+])c(OC)c2)ccc1OC(=O)[C@H](C)[NH3+].[Cl-].[Cl-]. The molecule has 0 fully saturated rings. The molecule has 6 N–H and O–H groups in total. The predicted molar refractivity (Wildman–Crippen MR) is 135 cm³/mol. The van der Waals surface area contributed by atoms with Crippen LogP contribution < -0.4 is 55.2 Å². The van der Waals surface area contributed by atoms with Gasteiger partial charge in [-0.15, -0.1) is 0 Å². The lowest BCUT2D eigenvalue weighted by Gasteiger charge is -2.10. The van der Waals surface area contributed by atoms with Crippen LogP contribution in [0.2, 0.25) is 0 Å². The van der Waals surface area contributed by atoms with Crippen molar-refractivity contribution in [3.05, 3.63) is 59.7 Å². The van der Waals surface area contributed by atoms with Crippen LogP contribution in [-0.2, 0) is 19.2 Å². The molecule has 0 radical (unpaired) electrons. The molecule has 212 valence electrons. The van der Waals surface area contributed by atoms with Crippen LogP contribution in [0.1, 0.15) is 31.4 Å². The van der Waals surface area contributed by atoms with Crippen molar-refractivity contribution < 1.29 is 74.4 Å². The maximum atomic E-state index is 12.3. The van der Waals surface area contributed by atoms with Crippen molar-refractivity contribution in [1.29, 1.82) is 0 Å². The maximum absolute atomic E-state index is 12.3. The van der Waals surface area contributed by atoms with E-state index in [0.717, 1.165) is 0 Å². The van der Waals surface area contributed by atoms with E-state index in [1.165, 1.54) is 38.5 Å². The average Bonchev–Trinajstić information content (AvgIpc) is 2.87. The summed E-state index contributed by atoms with van der Waals surface area (Å²) in [5, 5.41) is 0. The van der Waals surface area contributed by atoms with Crippen LogP contribution in [0.25, 0.3) is 12.2 Å². The minimum Gasteiger partial charge on any atom is -1.00 e. The van der Waals surface area contributed by atoms with Crippen LogP contribution in [0.15, 0.2) is 48.6 Å². The van der Waals surface area contributed by atoms with Gasteiger partial charge in [0.25, 0.3) is 0 Å². The Morgan fingerprint density at radius 3 is 1.36 bits per heavy atom. The molecule has 0 amide bonds. The molecular formula is C27H32Cl2N2O8. The molecule has 2 atom stereocenters. The molecule has 0 aromatic heterocycles. The Kier molecular flexibility index (Phi) is 15.4. The van der Waals surface area contributed by atoms with Crippen molar-refractivity contribution in [3.8, 4) is 23.0 Å². The molecule has 0 heterocycles. The van der Waals surface area contributed by atoms with Gasteiger partial charge in [-0.3, -0.25) is 9.59 Å². The molecular weight excluding hydrogens is 551 g/mol. The van der Waals surface area contributed by atoms with Gasteiger partial charge in [0, 0.05) is 0 Å². The first-order valence-electron chi connectivity index (χ1n) is 11.4. The van der Waals surface area contributed by atoms with Crippen LogP contribution in [0.3, 0.4) is 0 Å². The summed E-state index contributed by atoms with van der Waals surface area (Å²) in [5.74, 6) is -0.651. The first-order chi connectivity index (χ1) is 17.5. The van der Waals surface area contributed by atoms with E-state index < -0.39 is 35.6 Å². The number of ether oxygens (including phenoxy) is 4. The molecule has 0 aliphatic carbocycles. The number of carbonyl (C=O) groups is 4. The van der Waals surface area contributed by atoms with Crippen LogP contribution in [0.5, 0.6) is 23.0 Å². The number of esters is 2. The summed E-state index contributed by atoms with van der Waals surface area (Å²) < 4.78 is 21.0. The summed E-state index contributed by atoms with van der Waals surface area (Å²) in [7, 11) is 2.87. The largest absolute Gasteiger partial charge is 1.00 e. The number of ketones is 2. The van der Waals surface area contributed by atoms with Crippen molar-refractivity contribution >= 4 is 35.7 Å². The number of halogens is 2. The van der Waals surface area contributed by atoms with E-state index in [9.17, 15) is 19.2 Å². The lowest BCUT2D eigenvalue weighted by atomic mass is 10.1. The minimum atomic E-state index is -0.540. The number of methoxy groups -OCH3 is 2. The van der Waals surface area contributed by atoms with Crippen LogP contribution >= 0.6 is 0 Å². The smallest absolute Gasteiger partial charge is 0.369 e. The Bertz CT molecular complexity index is 1130. The number of quaternary nitrogens is 2. The third-order valence-electron chi connectivity index (χ3n) is 4.87. The first-order valence-corrected chi connectivity index (χ1v) is 11.4. The second-order valence-corrected chi connectivity index (χ2v) is 8.24. The highest BCUT2D eigenvalue weighted by Crippen LogP contribution is 2.30. The summed E-state index contributed by atoms with van der Waals surface area (Å²) in [6.45, 7) is 3.23. The third-order valence-corrected chi connectivity index (χ3v) is 4.87. The van der Waals surface area contributed by atoms with Gasteiger partial charge < -0.3 is 55.2 Å². The van der Waals surface area contributed by atoms with Gasteiger partial charge in [-0.25, -0.2) is 9.59 Å². The summed E-state index contributed by atoms with van der Waals surface area (Å²) in [6, 6.07) is 8.53. The average molecular weight is 583 g/mol. The van der Waals surface area contributed by atoms with Gasteiger partial charge in [-0.1, -0.05) is 24.3 Å². The molecule has 0 aliphatic heterocycles. The van der Waals surface area contributed by atoms with Crippen molar-refractivity contribution in [2.24, 2.45) is 0 Å². The van der Waals surface area contributed by atoms with Crippen LogP contribution in [0, 0.1) is 0 Å². The van der Waals surface area contributed by atoms with E-state index in [1.54, 1.807) is 50.2 Å². The molecule has 2 aromatic rings. The maximum Gasteiger partial charge on any atom is 0.369 e. The number of hydrogen-bond donors (Lipinski definition) is 2. The molecule has 0 saturated heterocycles. The second kappa shape index (κ2) is 17.0. The van der Waals surface area contributed by atoms with Crippen LogP contribution in [0.4, 0.5) is 0 Å². The molecule has 0 bridgehead atoms. The lowest BCUT2D eigenvalue weighted by molar-refractivity contribution is -0.401. The lowest BCUT2D eigenvalue weighted by Crippen LogP contribution is -3.00. The number of allylic oxidation sites excluding steroid dienone is 2. The number of hydrogen-bond acceptors (Lipinski definition) is 8. The van der Waals surface area contributed by atoms with Gasteiger partial charge in [0.2, 0.25) is 0 Å². The molecule has 0 unspecified atom stereocenters. The number of benzene rings is 2. The summed E-state index contributed by atoms with van der Waals surface area (Å²) >= 11 is 0. The Morgan fingerprint density at radius 1 is 0.692 bits per heavy atom. The van der Waals surface area contributed by atoms with Gasteiger partial charge >= 0.3 is 11.9 Å². The third kappa shape index (κ3) is 11.3. The van der Waals surface area contributed by atoms with Gasteiger partial charge in [0.05, 0.1) is 20.6 Å². The molecule has 0 aliphatic rings. The Morgan fingerprint density at radius 2 is 1.05 bits per heavy atom. The predicted octanol–water partition coefficient (Wildman–Crippen LogP) is -4.96.